The van der Waals surface area contributed by atoms with Crippen molar-refractivity contribution in [2.75, 3.05) is 29.6 Å². The highest BCUT2D eigenvalue weighted by molar-refractivity contribution is 8.01. The number of thiazole rings is 1. The first-order valence-electron chi connectivity index (χ1n) is 7.09. The molecule has 1 aromatic carbocycles. The van der Waals surface area contributed by atoms with Crippen LogP contribution in [0.15, 0.2) is 22.5 Å². The number of aromatic nitrogens is 3. The minimum Gasteiger partial charge on any atom is -0.342 e. The van der Waals surface area contributed by atoms with Gasteiger partial charge >= 0.3 is 0 Å². The number of fused-ring (bicyclic) bond motifs is 1. The second kappa shape index (κ2) is 7.64. The molecular weight excluding hydrogens is 386 g/mol. The number of thioether (sulfide) groups is 1. The van der Waals surface area contributed by atoms with Crippen LogP contribution < -0.4 is 10.2 Å². The molecule has 0 bridgehead atoms. The molecule has 0 fully saturated rings. The summed E-state index contributed by atoms with van der Waals surface area (Å²) in [5.74, 6) is 0.762. The van der Waals surface area contributed by atoms with Crippen LogP contribution in [0.3, 0.4) is 0 Å². The third-order valence-corrected chi connectivity index (χ3v) is 6.28. The fourth-order valence-electron chi connectivity index (χ4n) is 1.95. The van der Waals surface area contributed by atoms with E-state index in [2.05, 4.69) is 20.5 Å². The molecule has 10 heteroatoms. The number of carbonyl (C=O) groups excluding carboxylic acids is 1. The predicted octanol–water partition coefficient (Wildman–Crippen LogP) is 3.99. The van der Waals surface area contributed by atoms with E-state index in [1.807, 2.05) is 32.2 Å². The molecule has 0 aliphatic rings. The molecule has 0 aliphatic heterocycles. The summed E-state index contributed by atoms with van der Waals surface area (Å²) in [4.78, 5) is 18.5. The number of amides is 1. The number of hydrogen-bond acceptors (Lipinski definition) is 8. The second-order valence-electron chi connectivity index (χ2n) is 4.79. The Morgan fingerprint density at radius 1 is 1.38 bits per heavy atom. The van der Waals surface area contributed by atoms with E-state index in [1.54, 1.807) is 16.7 Å². The maximum Gasteiger partial charge on any atom is 0.245 e. The van der Waals surface area contributed by atoms with E-state index < -0.39 is 0 Å². The lowest BCUT2D eigenvalue weighted by Gasteiger charge is -2.14. The first-order valence-corrected chi connectivity index (χ1v) is 10.1. The number of nitrogens with one attached hydrogen (secondary N) is 1. The first-order chi connectivity index (χ1) is 11.6. The highest BCUT2D eigenvalue weighted by Gasteiger charge is 2.15. The molecule has 0 radical (unpaired) electrons. The molecule has 0 aliphatic carbocycles. The van der Waals surface area contributed by atoms with Gasteiger partial charge in [-0.3, -0.25) is 10.1 Å². The maximum atomic E-state index is 12.2. The minimum atomic E-state index is -0.160. The van der Waals surface area contributed by atoms with Gasteiger partial charge in [0.15, 0.2) is 9.47 Å². The molecule has 0 spiro atoms. The predicted molar refractivity (Wildman–Crippen MR) is 103 cm³/mol. The van der Waals surface area contributed by atoms with Crippen LogP contribution in [0.25, 0.3) is 10.2 Å². The van der Waals surface area contributed by atoms with Gasteiger partial charge in [0.25, 0.3) is 0 Å². The quantitative estimate of drug-likeness (QED) is 0.499. The molecule has 6 nitrogen and oxygen atoms in total. The van der Waals surface area contributed by atoms with Gasteiger partial charge in [0, 0.05) is 7.05 Å². The Morgan fingerprint density at radius 3 is 2.96 bits per heavy atom. The van der Waals surface area contributed by atoms with Gasteiger partial charge in [0.05, 0.1) is 16.3 Å². The van der Waals surface area contributed by atoms with Crippen LogP contribution in [0, 0.1) is 0 Å². The average molecular weight is 400 g/mol. The van der Waals surface area contributed by atoms with Crippen molar-refractivity contribution in [2.24, 2.45) is 0 Å². The summed E-state index contributed by atoms with van der Waals surface area (Å²) < 4.78 is 1.84. The zero-order chi connectivity index (χ0) is 17.1. The van der Waals surface area contributed by atoms with Crippen molar-refractivity contribution >= 4 is 72.4 Å². The number of anilines is 2. The Morgan fingerprint density at radius 2 is 2.21 bits per heavy atom. The van der Waals surface area contributed by atoms with E-state index in [1.165, 1.54) is 22.7 Å². The fraction of sp³-hybridized carbons (Fsp3) is 0.286. The summed E-state index contributed by atoms with van der Waals surface area (Å²) in [5.41, 5.74) is 0.761. The van der Waals surface area contributed by atoms with Gasteiger partial charge in [-0.1, -0.05) is 59.0 Å². The molecule has 126 valence electrons. The van der Waals surface area contributed by atoms with Crippen molar-refractivity contribution in [1.29, 1.82) is 0 Å². The first kappa shape index (κ1) is 17.4. The van der Waals surface area contributed by atoms with Gasteiger partial charge < -0.3 is 4.90 Å². The highest BCUT2D eigenvalue weighted by Crippen LogP contribution is 2.32. The van der Waals surface area contributed by atoms with Gasteiger partial charge in [0.2, 0.25) is 11.0 Å². The molecule has 0 unspecified atom stereocenters. The Hall–Kier alpha value is -1.42. The van der Waals surface area contributed by atoms with E-state index in [0.29, 0.717) is 10.2 Å². The SMILES string of the molecule is CCSc1nnc(NC(=O)CN(C)c2nc3c(Cl)cccc3s2)s1. The van der Waals surface area contributed by atoms with Gasteiger partial charge in [-0.05, 0) is 17.9 Å². The number of halogens is 1. The highest BCUT2D eigenvalue weighted by atomic mass is 35.5. The average Bonchev–Trinajstić information content (AvgIpc) is 3.15. The number of hydrogen-bond donors (Lipinski definition) is 1. The zero-order valence-corrected chi connectivity index (χ0v) is 16.2. The number of para-hydroxylation sites is 1. The summed E-state index contributed by atoms with van der Waals surface area (Å²) in [6, 6.07) is 5.66. The van der Waals surface area contributed by atoms with Crippen LogP contribution in [0.5, 0.6) is 0 Å². The van der Waals surface area contributed by atoms with Crippen molar-refractivity contribution in [3.8, 4) is 0 Å². The molecule has 0 saturated heterocycles. The lowest BCUT2D eigenvalue weighted by molar-refractivity contribution is -0.114. The van der Waals surface area contributed by atoms with E-state index in [4.69, 9.17) is 11.6 Å². The molecule has 2 heterocycles. The third-order valence-electron chi connectivity index (χ3n) is 2.99. The Bertz CT molecular complexity index is 865. The second-order valence-corrected chi connectivity index (χ2v) is 8.70. The van der Waals surface area contributed by atoms with E-state index in [9.17, 15) is 4.79 Å². The van der Waals surface area contributed by atoms with Crippen LogP contribution in [-0.2, 0) is 4.79 Å². The minimum absolute atomic E-state index is 0.160. The topological polar surface area (TPSA) is 71.0 Å². The van der Waals surface area contributed by atoms with Gasteiger partial charge in [-0.2, -0.15) is 0 Å². The lowest BCUT2D eigenvalue weighted by Crippen LogP contribution is -2.29. The van der Waals surface area contributed by atoms with Gasteiger partial charge in [-0.25, -0.2) is 4.98 Å². The molecule has 1 amide bonds. The van der Waals surface area contributed by atoms with Crippen LogP contribution >= 0.6 is 46.0 Å². The third kappa shape index (κ3) is 3.97. The molecular formula is C14H14ClN5OS3. The summed E-state index contributed by atoms with van der Waals surface area (Å²) >= 11 is 10.6. The molecule has 24 heavy (non-hydrogen) atoms. The van der Waals surface area contributed by atoms with Crippen LogP contribution in [-0.4, -0.2) is 40.4 Å². The number of carbonyl (C=O) groups is 1. The molecule has 3 rings (SSSR count). The summed E-state index contributed by atoms with van der Waals surface area (Å²) in [7, 11) is 1.82. The monoisotopic (exact) mass is 399 g/mol. The van der Waals surface area contributed by atoms with Crippen molar-refractivity contribution in [3.63, 3.8) is 0 Å². The largest absolute Gasteiger partial charge is 0.342 e. The fourth-order valence-corrected chi connectivity index (χ4v) is 4.84. The normalized spacial score (nSPS) is 11.0. The Balaban J connectivity index is 1.65. The molecule has 2 aromatic heterocycles. The van der Waals surface area contributed by atoms with Crippen molar-refractivity contribution in [3.05, 3.63) is 23.2 Å². The van der Waals surface area contributed by atoms with E-state index in [-0.39, 0.29) is 12.5 Å². The summed E-state index contributed by atoms with van der Waals surface area (Å²) in [6.45, 7) is 2.22. The Labute approximate surface area is 156 Å². The van der Waals surface area contributed by atoms with Crippen LogP contribution in [0.2, 0.25) is 5.02 Å². The molecule has 1 N–H and O–H groups in total. The van der Waals surface area contributed by atoms with E-state index in [0.717, 1.165) is 25.4 Å². The smallest absolute Gasteiger partial charge is 0.245 e. The maximum absolute atomic E-state index is 12.2. The summed E-state index contributed by atoms with van der Waals surface area (Å²) in [6.07, 6.45) is 0. The standard InChI is InChI=1S/C14H14ClN5OS3/c1-3-22-14-19-18-12(24-14)16-10(21)7-20(2)13-17-11-8(15)5-4-6-9(11)23-13/h4-6H,3,7H2,1-2H3,(H,16,18,21). The number of benzene rings is 1. The van der Waals surface area contributed by atoms with Gasteiger partial charge in [-0.15, -0.1) is 10.2 Å². The van der Waals surface area contributed by atoms with Crippen molar-refractivity contribution in [2.45, 2.75) is 11.3 Å². The van der Waals surface area contributed by atoms with Crippen LogP contribution in [0.1, 0.15) is 6.92 Å². The number of nitrogens with zero attached hydrogens (tertiary/aromatic N) is 4. The molecule has 3 aromatic rings. The van der Waals surface area contributed by atoms with Crippen LogP contribution in [0.4, 0.5) is 10.3 Å². The number of rotatable bonds is 6. The Kier molecular flexibility index (Phi) is 5.54. The lowest BCUT2D eigenvalue weighted by atomic mass is 10.3. The molecule has 0 atom stereocenters. The number of likely N-dealkylation sites (N-methyl/N-ethyl adjacent to an activating group) is 1. The van der Waals surface area contributed by atoms with Crippen molar-refractivity contribution < 1.29 is 4.79 Å². The van der Waals surface area contributed by atoms with Crippen molar-refractivity contribution in [1.82, 2.24) is 15.2 Å². The molecule has 0 saturated carbocycles. The summed E-state index contributed by atoms with van der Waals surface area (Å²) in [5, 5.41) is 12.6. The van der Waals surface area contributed by atoms with E-state index >= 15 is 0 Å². The zero-order valence-electron chi connectivity index (χ0n) is 12.9. The van der Waals surface area contributed by atoms with Gasteiger partial charge in [0.1, 0.15) is 5.52 Å².